The lowest BCUT2D eigenvalue weighted by molar-refractivity contribution is 0.0513. The molecule has 0 radical (unpaired) electrons. The lowest BCUT2D eigenvalue weighted by Crippen LogP contribution is -2.49. The Hall–Kier alpha value is -2.08. The van der Waals surface area contributed by atoms with E-state index in [1.165, 1.54) is 0 Å². The molecule has 6 heteroatoms. The van der Waals surface area contributed by atoms with Crippen LogP contribution in [0, 0.1) is 0 Å². The van der Waals surface area contributed by atoms with Gasteiger partial charge in [-0.3, -0.25) is 0 Å². The van der Waals surface area contributed by atoms with Crippen molar-refractivity contribution in [2.75, 3.05) is 6.54 Å². The number of carbonyl (C=O) groups is 1. The normalized spacial score (nSPS) is 12.4. The molecule has 0 saturated heterocycles. The number of rotatable bonds is 5. The Morgan fingerprint density at radius 3 is 2.65 bits per heavy atom. The Labute approximate surface area is 137 Å². The topological polar surface area (TPSA) is 67.7 Å². The van der Waals surface area contributed by atoms with Crippen LogP contribution in [0.4, 0.5) is 4.79 Å². The fourth-order valence-corrected chi connectivity index (χ4v) is 2.07. The Kier molecular flexibility index (Phi) is 4.94. The molecule has 0 unspecified atom stereocenters. The summed E-state index contributed by atoms with van der Waals surface area (Å²) >= 11 is 0. The molecule has 126 valence electrons. The highest BCUT2D eigenvalue weighted by atomic mass is 16.6. The molecule has 0 bridgehead atoms. The van der Waals surface area contributed by atoms with E-state index in [9.17, 15) is 4.79 Å². The summed E-state index contributed by atoms with van der Waals surface area (Å²) in [5.41, 5.74) is 1.13. The second-order valence-electron chi connectivity index (χ2n) is 7.29. The van der Waals surface area contributed by atoms with Crippen LogP contribution in [0.15, 0.2) is 30.6 Å². The molecule has 0 aliphatic heterocycles. The molecular formula is C17H26N4O2. The first kappa shape index (κ1) is 17.3. The van der Waals surface area contributed by atoms with E-state index in [4.69, 9.17) is 4.74 Å². The minimum atomic E-state index is -0.488. The number of aromatic nitrogens is 2. The van der Waals surface area contributed by atoms with Crippen LogP contribution in [0.2, 0.25) is 0 Å². The van der Waals surface area contributed by atoms with E-state index in [0.717, 1.165) is 11.3 Å². The zero-order valence-corrected chi connectivity index (χ0v) is 14.5. The van der Waals surface area contributed by atoms with Crippen molar-refractivity contribution in [2.24, 2.45) is 0 Å². The van der Waals surface area contributed by atoms with Crippen LogP contribution < -0.4 is 10.6 Å². The van der Waals surface area contributed by atoms with Crippen LogP contribution >= 0.6 is 0 Å². The van der Waals surface area contributed by atoms with Gasteiger partial charge in [0.05, 0.1) is 5.69 Å². The number of pyridine rings is 1. The summed E-state index contributed by atoms with van der Waals surface area (Å²) in [6.07, 6.45) is 3.57. The third-order valence-corrected chi connectivity index (χ3v) is 3.24. The zero-order valence-electron chi connectivity index (χ0n) is 14.5. The molecule has 0 atom stereocenters. The third-order valence-electron chi connectivity index (χ3n) is 3.24. The second-order valence-corrected chi connectivity index (χ2v) is 7.29. The van der Waals surface area contributed by atoms with Gasteiger partial charge in [0.2, 0.25) is 0 Å². The van der Waals surface area contributed by atoms with Gasteiger partial charge in [0, 0.05) is 31.0 Å². The number of fused-ring (bicyclic) bond motifs is 1. The van der Waals surface area contributed by atoms with E-state index in [-0.39, 0.29) is 5.54 Å². The fourth-order valence-electron chi connectivity index (χ4n) is 2.07. The van der Waals surface area contributed by atoms with Crippen LogP contribution in [-0.2, 0) is 11.3 Å². The highest BCUT2D eigenvalue weighted by Crippen LogP contribution is 2.09. The van der Waals surface area contributed by atoms with Gasteiger partial charge < -0.3 is 19.8 Å². The number of nitrogens with one attached hydrogen (secondary N) is 2. The minimum absolute atomic E-state index is 0.271. The molecule has 2 aromatic rings. The van der Waals surface area contributed by atoms with Gasteiger partial charge in [0.15, 0.2) is 0 Å². The van der Waals surface area contributed by atoms with Crippen molar-refractivity contribution in [3.63, 3.8) is 0 Å². The predicted molar refractivity (Wildman–Crippen MR) is 90.3 cm³/mol. The van der Waals surface area contributed by atoms with E-state index in [2.05, 4.69) is 15.6 Å². The highest BCUT2D eigenvalue weighted by molar-refractivity contribution is 5.67. The maximum atomic E-state index is 11.7. The van der Waals surface area contributed by atoms with Crippen LogP contribution in [0.3, 0.4) is 0 Å². The Morgan fingerprint density at radius 1 is 1.26 bits per heavy atom. The van der Waals surface area contributed by atoms with Crippen molar-refractivity contribution in [1.82, 2.24) is 20.0 Å². The molecule has 0 spiro atoms. The summed E-state index contributed by atoms with van der Waals surface area (Å²) in [5, 5.41) is 6.20. The van der Waals surface area contributed by atoms with Gasteiger partial charge in [0.1, 0.15) is 11.2 Å². The SMILES string of the molecule is CC(C)(CNC(=O)OC(C)(C)C)NCc1cn2ccccc2n1. The molecule has 6 nitrogen and oxygen atoms in total. The van der Waals surface area contributed by atoms with E-state index < -0.39 is 11.7 Å². The van der Waals surface area contributed by atoms with Gasteiger partial charge in [0.25, 0.3) is 0 Å². The molecule has 0 fully saturated rings. The zero-order chi connectivity index (χ0) is 17.1. The summed E-state index contributed by atoms with van der Waals surface area (Å²) in [6, 6.07) is 5.91. The van der Waals surface area contributed by atoms with E-state index in [1.807, 2.05) is 69.6 Å². The van der Waals surface area contributed by atoms with Crippen molar-refractivity contribution in [3.05, 3.63) is 36.3 Å². The molecule has 2 aromatic heterocycles. The van der Waals surface area contributed by atoms with Crippen molar-refractivity contribution in [1.29, 1.82) is 0 Å². The Balaban J connectivity index is 1.84. The largest absolute Gasteiger partial charge is 0.444 e. The van der Waals surface area contributed by atoms with Crippen molar-refractivity contribution in [3.8, 4) is 0 Å². The number of hydrogen-bond acceptors (Lipinski definition) is 4. The molecular weight excluding hydrogens is 292 g/mol. The maximum Gasteiger partial charge on any atom is 0.407 e. The number of imidazole rings is 1. The highest BCUT2D eigenvalue weighted by Gasteiger charge is 2.21. The maximum absolute atomic E-state index is 11.7. The number of carbonyl (C=O) groups excluding carboxylic acids is 1. The van der Waals surface area contributed by atoms with Gasteiger partial charge in [-0.15, -0.1) is 0 Å². The predicted octanol–water partition coefficient (Wildman–Crippen LogP) is 2.73. The first-order chi connectivity index (χ1) is 10.6. The van der Waals surface area contributed by atoms with Crippen molar-refractivity contribution >= 4 is 11.7 Å². The van der Waals surface area contributed by atoms with Gasteiger partial charge in [-0.2, -0.15) is 0 Å². The summed E-state index contributed by atoms with van der Waals surface area (Å²) < 4.78 is 7.23. The summed E-state index contributed by atoms with van der Waals surface area (Å²) in [4.78, 5) is 16.3. The van der Waals surface area contributed by atoms with Crippen molar-refractivity contribution < 1.29 is 9.53 Å². The monoisotopic (exact) mass is 318 g/mol. The summed E-state index contributed by atoms with van der Waals surface area (Å²) in [5.74, 6) is 0. The number of amides is 1. The molecule has 0 aliphatic carbocycles. The van der Waals surface area contributed by atoms with Gasteiger partial charge in [-0.05, 0) is 46.8 Å². The van der Waals surface area contributed by atoms with Crippen LogP contribution in [0.1, 0.15) is 40.3 Å². The first-order valence-corrected chi connectivity index (χ1v) is 7.79. The lowest BCUT2D eigenvalue weighted by atomic mass is 10.1. The molecule has 0 aromatic carbocycles. The van der Waals surface area contributed by atoms with Crippen LogP contribution in [0.5, 0.6) is 0 Å². The van der Waals surface area contributed by atoms with E-state index in [0.29, 0.717) is 13.1 Å². The van der Waals surface area contributed by atoms with E-state index in [1.54, 1.807) is 0 Å². The molecule has 1 amide bonds. The molecule has 2 N–H and O–H groups in total. The molecule has 0 aliphatic rings. The molecule has 23 heavy (non-hydrogen) atoms. The Morgan fingerprint density at radius 2 is 2.00 bits per heavy atom. The summed E-state index contributed by atoms with van der Waals surface area (Å²) in [6.45, 7) is 10.7. The average molecular weight is 318 g/mol. The molecule has 2 heterocycles. The number of alkyl carbamates (subject to hydrolysis) is 1. The number of ether oxygens (including phenoxy) is 1. The Bertz CT molecular complexity index is 638. The number of nitrogens with zero attached hydrogens (tertiary/aromatic N) is 2. The fraction of sp³-hybridized carbons (Fsp3) is 0.529. The van der Waals surface area contributed by atoms with Gasteiger partial charge in [-0.1, -0.05) is 6.07 Å². The lowest BCUT2D eigenvalue weighted by Gasteiger charge is -2.27. The van der Waals surface area contributed by atoms with Crippen LogP contribution in [-0.4, -0.2) is 33.2 Å². The van der Waals surface area contributed by atoms with Crippen LogP contribution in [0.25, 0.3) is 5.65 Å². The smallest absolute Gasteiger partial charge is 0.407 e. The quantitative estimate of drug-likeness (QED) is 0.889. The number of hydrogen-bond donors (Lipinski definition) is 2. The third kappa shape index (κ3) is 5.56. The minimum Gasteiger partial charge on any atom is -0.444 e. The van der Waals surface area contributed by atoms with Crippen molar-refractivity contribution in [2.45, 2.75) is 52.3 Å². The average Bonchev–Trinajstić information content (AvgIpc) is 2.84. The van der Waals surface area contributed by atoms with E-state index >= 15 is 0 Å². The first-order valence-electron chi connectivity index (χ1n) is 7.79. The van der Waals surface area contributed by atoms with Gasteiger partial charge in [-0.25, -0.2) is 9.78 Å². The second kappa shape index (κ2) is 6.58. The molecule has 0 saturated carbocycles. The molecule has 2 rings (SSSR count). The van der Waals surface area contributed by atoms with Gasteiger partial charge >= 0.3 is 6.09 Å². The summed E-state index contributed by atoms with van der Waals surface area (Å²) in [7, 11) is 0. The standard InChI is InChI=1S/C17H26N4O2/c1-16(2,3)23-15(22)18-12-17(4,5)19-10-13-11-21-9-7-6-8-14(21)20-13/h6-9,11,19H,10,12H2,1-5H3,(H,18,22).